The average molecular weight is 381 g/mol. The topological polar surface area (TPSA) is 67.3 Å². The maximum absolute atomic E-state index is 12.0. The highest BCUT2D eigenvalue weighted by molar-refractivity contribution is 7.90. The highest BCUT2D eigenvalue weighted by Gasteiger charge is 2.17. The third-order valence-electron chi connectivity index (χ3n) is 3.55. The Kier molecular flexibility index (Phi) is 4.71. The Bertz CT molecular complexity index is 975. The van der Waals surface area contributed by atoms with Crippen molar-refractivity contribution in [2.45, 2.75) is 18.2 Å². The van der Waals surface area contributed by atoms with Gasteiger partial charge in [-0.1, -0.05) is 17.4 Å². The van der Waals surface area contributed by atoms with Gasteiger partial charge in [0.25, 0.3) is 0 Å². The van der Waals surface area contributed by atoms with E-state index in [4.69, 9.17) is 0 Å². The molecule has 0 atom stereocenters. The predicted octanol–water partition coefficient (Wildman–Crippen LogP) is 3.36. The number of nitrogens with zero attached hydrogens (tertiary/aromatic N) is 2. The summed E-state index contributed by atoms with van der Waals surface area (Å²) in [6.07, 6.45) is 1.95. The highest BCUT2D eigenvalue weighted by atomic mass is 32.2. The number of thiophene rings is 1. The first-order valence-electron chi connectivity index (χ1n) is 7.26. The number of rotatable bonds is 5. The summed E-state index contributed by atoms with van der Waals surface area (Å²) in [7, 11) is -3.26. The molecule has 5 nitrogen and oxygen atoms in total. The molecule has 0 aliphatic carbocycles. The second-order valence-corrected chi connectivity index (χ2v) is 9.46. The minimum absolute atomic E-state index is 0.0750. The first-order chi connectivity index (χ1) is 11.3. The average Bonchev–Trinajstić information content (AvgIpc) is 3.14. The lowest BCUT2D eigenvalue weighted by molar-refractivity contribution is -0.116. The van der Waals surface area contributed by atoms with Crippen LogP contribution in [0.4, 0.5) is 5.13 Å². The largest absolute Gasteiger partial charge is 0.288 e. The van der Waals surface area contributed by atoms with E-state index in [1.807, 2.05) is 17.5 Å². The number of thiazole rings is 1. The number of carbonyl (C=O) groups is 1. The van der Waals surface area contributed by atoms with Crippen molar-refractivity contribution in [2.75, 3.05) is 17.7 Å². The molecule has 0 bridgehead atoms. The molecule has 0 radical (unpaired) electrons. The van der Waals surface area contributed by atoms with Gasteiger partial charge < -0.3 is 0 Å². The number of fused-ring (bicyclic) bond motifs is 1. The lowest BCUT2D eigenvalue weighted by atomic mass is 10.3. The Labute approximate surface area is 148 Å². The second kappa shape index (κ2) is 6.62. The van der Waals surface area contributed by atoms with E-state index in [1.165, 1.54) is 29.4 Å². The van der Waals surface area contributed by atoms with Crippen molar-refractivity contribution in [1.82, 2.24) is 4.98 Å². The molecular formula is C16H16N2O3S3. The summed E-state index contributed by atoms with van der Waals surface area (Å²) in [5.41, 5.74) is 0.699. The Morgan fingerprint density at radius 2 is 2.08 bits per heavy atom. The number of hydrogen-bond acceptors (Lipinski definition) is 6. The maximum atomic E-state index is 12.0. The molecule has 0 saturated carbocycles. The van der Waals surface area contributed by atoms with E-state index in [1.54, 1.807) is 34.4 Å². The summed E-state index contributed by atoms with van der Waals surface area (Å²) in [5.74, 6) is -0.0750. The van der Waals surface area contributed by atoms with E-state index >= 15 is 0 Å². The SMILES string of the molecule is CC(=O)N(CCc1cccs1)c1nc2ccc(S(C)(=O)=O)cc2s1. The number of aromatic nitrogens is 1. The second-order valence-electron chi connectivity index (χ2n) is 5.40. The van der Waals surface area contributed by atoms with Crippen LogP contribution in [0.15, 0.2) is 40.6 Å². The standard InChI is InChI=1S/C16H16N2O3S3/c1-11(19)18(8-7-12-4-3-9-22-12)16-17-14-6-5-13(24(2,20)21)10-15(14)23-16/h3-6,9-10H,7-8H2,1-2H3. The van der Waals surface area contributed by atoms with Crippen molar-refractivity contribution in [3.8, 4) is 0 Å². The molecule has 8 heteroatoms. The smallest absolute Gasteiger partial charge is 0.225 e. The molecule has 0 fully saturated rings. The Balaban J connectivity index is 1.91. The van der Waals surface area contributed by atoms with E-state index in [0.29, 0.717) is 17.2 Å². The van der Waals surface area contributed by atoms with Crippen molar-refractivity contribution >= 4 is 53.8 Å². The van der Waals surface area contributed by atoms with Gasteiger partial charge in [0.1, 0.15) is 0 Å². The number of amides is 1. The van der Waals surface area contributed by atoms with Crippen LogP contribution >= 0.6 is 22.7 Å². The zero-order chi connectivity index (χ0) is 17.3. The van der Waals surface area contributed by atoms with Gasteiger partial charge in [-0.05, 0) is 36.1 Å². The Morgan fingerprint density at radius 3 is 2.71 bits per heavy atom. The van der Waals surface area contributed by atoms with E-state index in [0.717, 1.165) is 11.1 Å². The van der Waals surface area contributed by atoms with Gasteiger partial charge in [0, 0.05) is 24.6 Å². The van der Waals surface area contributed by atoms with Crippen LogP contribution in [0.5, 0.6) is 0 Å². The van der Waals surface area contributed by atoms with E-state index < -0.39 is 9.84 Å². The van der Waals surface area contributed by atoms with Gasteiger partial charge in [-0.25, -0.2) is 13.4 Å². The van der Waals surface area contributed by atoms with Gasteiger partial charge in [0.15, 0.2) is 15.0 Å². The number of carbonyl (C=O) groups excluding carboxylic acids is 1. The van der Waals surface area contributed by atoms with E-state index in [9.17, 15) is 13.2 Å². The predicted molar refractivity (Wildman–Crippen MR) is 98.8 cm³/mol. The van der Waals surface area contributed by atoms with Gasteiger partial charge in [0.05, 0.1) is 15.1 Å². The van der Waals surface area contributed by atoms with Gasteiger partial charge in [-0.3, -0.25) is 9.69 Å². The molecule has 2 heterocycles. The van der Waals surface area contributed by atoms with Crippen molar-refractivity contribution in [2.24, 2.45) is 0 Å². The fraction of sp³-hybridized carbons (Fsp3) is 0.250. The lowest BCUT2D eigenvalue weighted by Gasteiger charge is -2.17. The van der Waals surface area contributed by atoms with Crippen LogP contribution in [0.2, 0.25) is 0 Å². The third kappa shape index (κ3) is 3.66. The van der Waals surface area contributed by atoms with Crippen LogP contribution in [0, 0.1) is 0 Å². The molecule has 0 N–H and O–H groups in total. The van der Waals surface area contributed by atoms with E-state index in [-0.39, 0.29) is 10.8 Å². The summed E-state index contributed by atoms with van der Waals surface area (Å²) >= 11 is 2.99. The summed E-state index contributed by atoms with van der Waals surface area (Å²) in [4.78, 5) is 19.6. The first kappa shape index (κ1) is 17.1. The summed E-state index contributed by atoms with van der Waals surface area (Å²) in [6.45, 7) is 2.07. The van der Waals surface area contributed by atoms with Gasteiger partial charge in [-0.15, -0.1) is 11.3 Å². The monoisotopic (exact) mass is 380 g/mol. The Morgan fingerprint density at radius 1 is 1.29 bits per heavy atom. The Hall–Kier alpha value is -1.77. The summed E-state index contributed by atoms with van der Waals surface area (Å²) in [5, 5.41) is 2.61. The van der Waals surface area contributed by atoms with Gasteiger partial charge in [-0.2, -0.15) is 0 Å². The van der Waals surface area contributed by atoms with Crippen molar-refractivity contribution in [3.05, 3.63) is 40.6 Å². The van der Waals surface area contributed by atoms with Crippen molar-refractivity contribution < 1.29 is 13.2 Å². The minimum atomic E-state index is -3.26. The number of benzene rings is 1. The molecule has 0 unspecified atom stereocenters. The van der Waals surface area contributed by atoms with Gasteiger partial charge >= 0.3 is 0 Å². The molecule has 126 valence electrons. The molecule has 24 heavy (non-hydrogen) atoms. The molecule has 3 aromatic rings. The molecule has 2 aromatic heterocycles. The number of sulfone groups is 1. The zero-order valence-electron chi connectivity index (χ0n) is 13.2. The number of hydrogen-bond donors (Lipinski definition) is 0. The minimum Gasteiger partial charge on any atom is -0.288 e. The third-order valence-corrected chi connectivity index (χ3v) is 6.64. The van der Waals surface area contributed by atoms with Crippen molar-refractivity contribution in [1.29, 1.82) is 0 Å². The van der Waals surface area contributed by atoms with Crippen LogP contribution in [-0.2, 0) is 21.1 Å². The molecule has 1 amide bonds. The zero-order valence-corrected chi connectivity index (χ0v) is 15.7. The van der Waals surface area contributed by atoms with Crippen LogP contribution in [0.3, 0.4) is 0 Å². The van der Waals surface area contributed by atoms with Crippen molar-refractivity contribution in [3.63, 3.8) is 0 Å². The molecule has 0 saturated heterocycles. The molecule has 1 aromatic carbocycles. The van der Waals surface area contributed by atoms with Crippen LogP contribution in [0.1, 0.15) is 11.8 Å². The van der Waals surface area contributed by atoms with Crippen LogP contribution in [-0.4, -0.2) is 32.1 Å². The lowest BCUT2D eigenvalue weighted by Crippen LogP contribution is -2.30. The quantitative estimate of drug-likeness (QED) is 0.681. The van der Waals surface area contributed by atoms with Crippen LogP contribution in [0.25, 0.3) is 10.2 Å². The number of anilines is 1. The van der Waals surface area contributed by atoms with Crippen LogP contribution < -0.4 is 4.90 Å². The molecule has 0 spiro atoms. The fourth-order valence-corrected chi connectivity index (χ4v) is 4.80. The fourth-order valence-electron chi connectivity index (χ4n) is 2.30. The molecule has 0 aliphatic heterocycles. The van der Waals surface area contributed by atoms with E-state index in [2.05, 4.69) is 4.98 Å². The normalized spacial score (nSPS) is 11.8. The van der Waals surface area contributed by atoms with Gasteiger partial charge in [0.2, 0.25) is 5.91 Å². The first-order valence-corrected chi connectivity index (χ1v) is 10.8. The molecular weight excluding hydrogens is 364 g/mol. The summed E-state index contributed by atoms with van der Waals surface area (Å²) < 4.78 is 24.1. The summed E-state index contributed by atoms with van der Waals surface area (Å²) in [6, 6.07) is 8.87. The maximum Gasteiger partial charge on any atom is 0.225 e. The molecule has 3 rings (SSSR count). The molecule has 0 aliphatic rings. The highest BCUT2D eigenvalue weighted by Crippen LogP contribution is 2.31.